The van der Waals surface area contributed by atoms with E-state index in [0.29, 0.717) is 0 Å². The largest absolute Gasteiger partial charge is 0.491 e. The lowest BCUT2D eigenvalue weighted by Crippen LogP contribution is -2.05. The number of hydrogen-bond acceptors (Lipinski definition) is 2. The molecule has 0 saturated carbocycles. The zero-order valence-electron chi connectivity index (χ0n) is 21.2. The van der Waals surface area contributed by atoms with E-state index in [1.807, 2.05) is 52.0 Å². The molecule has 0 saturated heterocycles. The second-order valence-electron chi connectivity index (χ2n) is 9.57. The molecule has 0 spiro atoms. The van der Waals surface area contributed by atoms with E-state index in [2.05, 4.69) is 83.0 Å². The van der Waals surface area contributed by atoms with Crippen LogP contribution in [-0.4, -0.2) is 22.2 Å². The van der Waals surface area contributed by atoms with Gasteiger partial charge in [0, 0.05) is 23.8 Å². The molecule has 0 unspecified atom stereocenters. The third-order valence-electron chi connectivity index (χ3n) is 5.97. The molecule has 0 fully saturated rings. The van der Waals surface area contributed by atoms with E-state index in [4.69, 9.17) is 9.47 Å². The van der Waals surface area contributed by atoms with Crippen LogP contribution < -0.4 is 9.47 Å². The van der Waals surface area contributed by atoms with Gasteiger partial charge in [-0.15, -0.1) is 0 Å². The maximum absolute atomic E-state index is 5.77. The van der Waals surface area contributed by atoms with Crippen molar-refractivity contribution < 1.29 is 9.47 Å². The standard InChI is InChI=1S/C32H32N2O2/c1-21(2)35-29-12-8-23(9-13-29)31-17-27(19-33-31)25-6-5-7-26(16-25)28-18-32(34-20-28)24-10-14-30(15-11-24)36-22(3)4/h5-22,33-34H,1-4H3. The number of benzene rings is 3. The Morgan fingerprint density at radius 2 is 0.889 bits per heavy atom. The van der Waals surface area contributed by atoms with Gasteiger partial charge in [0.1, 0.15) is 11.5 Å². The van der Waals surface area contributed by atoms with Crippen LogP contribution in [0.15, 0.2) is 97.3 Å². The molecule has 3 aromatic carbocycles. The minimum atomic E-state index is 0.168. The van der Waals surface area contributed by atoms with Gasteiger partial charge >= 0.3 is 0 Å². The Kier molecular flexibility index (Phi) is 6.68. The van der Waals surface area contributed by atoms with Crippen molar-refractivity contribution in [3.63, 3.8) is 0 Å². The summed E-state index contributed by atoms with van der Waals surface area (Å²) in [5.41, 5.74) is 9.10. The second kappa shape index (κ2) is 10.2. The molecule has 0 bridgehead atoms. The summed E-state index contributed by atoms with van der Waals surface area (Å²) in [6, 6.07) is 29.5. The number of aromatic amines is 2. The van der Waals surface area contributed by atoms with E-state index in [1.54, 1.807) is 0 Å². The summed E-state index contributed by atoms with van der Waals surface area (Å²) in [7, 11) is 0. The van der Waals surface area contributed by atoms with Gasteiger partial charge in [0.25, 0.3) is 0 Å². The van der Waals surface area contributed by atoms with Crippen molar-refractivity contribution in [3.8, 4) is 56.3 Å². The minimum absolute atomic E-state index is 0.168. The van der Waals surface area contributed by atoms with Gasteiger partial charge in [0.15, 0.2) is 0 Å². The van der Waals surface area contributed by atoms with Crippen molar-refractivity contribution >= 4 is 0 Å². The monoisotopic (exact) mass is 476 g/mol. The van der Waals surface area contributed by atoms with E-state index in [-0.39, 0.29) is 12.2 Å². The predicted molar refractivity (Wildman–Crippen MR) is 148 cm³/mol. The van der Waals surface area contributed by atoms with Gasteiger partial charge in [-0.1, -0.05) is 18.2 Å². The summed E-state index contributed by atoms with van der Waals surface area (Å²) < 4.78 is 11.5. The lowest BCUT2D eigenvalue weighted by atomic mass is 10.0. The fraction of sp³-hybridized carbons (Fsp3) is 0.188. The summed E-state index contributed by atoms with van der Waals surface area (Å²) >= 11 is 0. The topological polar surface area (TPSA) is 50.0 Å². The molecule has 5 rings (SSSR count). The Bertz CT molecular complexity index is 1320. The second-order valence-corrected chi connectivity index (χ2v) is 9.57. The Morgan fingerprint density at radius 1 is 0.472 bits per heavy atom. The Morgan fingerprint density at radius 3 is 1.28 bits per heavy atom. The van der Waals surface area contributed by atoms with Crippen LogP contribution in [0.2, 0.25) is 0 Å². The molecule has 0 aliphatic carbocycles. The Balaban J connectivity index is 1.34. The van der Waals surface area contributed by atoms with Crippen molar-refractivity contribution in [1.29, 1.82) is 0 Å². The Hall–Kier alpha value is -4.18. The van der Waals surface area contributed by atoms with Crippen LogP contribution in [0.4, 0.5) is 0 Å². The van der Waals surface area contributed by atoms with Crippen LogP contribution in [0.3, 0.4) is 0 Å². The number of aromatic nitrogens is 2. The SMILES string of the molecule is CC(C)Oc1ccc(-c2cc(-c3cccc(-c4c[nH]c(-c5ccc(OC(C)C)cc5)c4)c3)c[nH]2)cc1. The first-order valence-corrected chi connectivity index (χ1v) is 12.5. The summed E-state index contributed by atoms with van der Waals surface area (Å²) in [5, 5.41) is 0. The smallest absolute Gasteiger partial charge is 0.119 e. The summed E-state index contributed by atoms with van der Waals surface area (Å²) in [4.78, 5) is 6.85. The molecule has 0 atom stereocenters. The van der Waals surface area contributed by atoms with Gasteiger partial charge in [-0.2, -0.15) is 0 Å². The molecular formula is C32H32N2O2. The molecular weight excluding hydrogens is 444 g/mol. The van der Waals surface area contributed by atoms with Crippen LogP contribution in [0.25, 0.3) is 44.8 Å². The maximum atomic E-state index is 5.77. The van der Waals surface area contributed by atoms with Crippen LogP contribution in [-0.2, 0) is 0 Å². The molecule has 2 aromatic heterocycles. The first-order valence-electron chi connectivity index (χ1n) is 12.5. The van der Waals surface area contributed by atoms with E-state index in [0.717, 1.165) is 45.1 Å². The molecule has 0 aliphatic heterocycles. The maximum Gasteiger partial charge on any atom is 0.119 e. The Labute approximate surface area is 212 Å². The molecule has 0 radical (unpaired) electrons. The fourth-order valence-electron chi connectivity index (χ4n) is 4.30. The highest BCUT2D eigenvalue weighted by Crippen LogP contribution is 2.32. The number of rotatable bonds is 8. The van der Waals surface area contributed by atoms with Crippen LogP contribution in [0.1, 0.15) is 27.7 Å². The zero-order chi connectivity index (χ0) is 25.1. The fourth-order valence-corrected chi connectivity index (χ4v) is 4.30. The first kappa shape index (κ1) is 23.6. The highest BCUT2D eigenvalue weighted by molar-refractivity contribution is 5.78. The molecule has 182 valence electrons. The van der Waals surface area contributed by atoms with E-state index >= 15 is 0 Å². The van der Waals surface area contributed by atoms with Gasteiger partial charge in [0.05, 0.1) is 12.2 Å². The minimum Gasteiger partial charge on any atom is -0.491 e. The van der Waals surface area contributed by atoms with Gasteiger partial charge in [-0.05, 0) is 128 Å². The number of H-pyrrole nitrogens is 2. The molecule has 36 heavy (non-hydrogen) atoms. The quantitative estimate of drug-likeness (QED) is 0.236. The molecule has 0 aliphatic rings. The molecule has 2 heterocycles. The van der Waals surface area contributed by atoms with Crippen molar-refractivity contribution in [3.05, 3.63) is 97.3 Å². The van der Waals surface area contributed by atoms with Gasteiger partial charge in [0.2, 0.25) is 0 Å². The molecule has 5 aromatic rings. The van der Waals surface area contributed by atoms with Crippen LogP contribution in [0, 0.1) is 0 Å². The zero-order valence-corrected chi connectivity index (χ0v) is 21.2. The summed E-state index contributed by atoms with van der Waals surface area (Å²) in [6.45, 7) is 8.14. The lowest BCUT2D eigenvalue weighted by Gasteiger charge is -2.09. The molecule has 4 heteroatoms. The molecule has 2 N–H and O–H groups in total. The third-order valence-corrected chi connectivity index (χ3v) is 5.97. The normalized spacial score (nSPS) is 11.3. The molecule has 4 nitrogen and oxygen atoms in total. The lowest BCUT2D eigenvalue weighted by molar-refractivity contribution is 0.242. The van der Waals surface area contributed by atoms with Gasteiger partial charge < -0.3 is 19.4 Å². The van der Waals surface area contributed by atoms with Gasteiger partial charge in [-0.3, -0.25) is 0 Å². The summed E-state index contributed by atoms with van der Waals surface area (Å²) in [6.07, 6.45) is 4.47. The third kappa shape index (κ3) is 5.38. The van der Waals surface area contributed by atoms with Gasteiger partial charge in [-0.25, -0.2) is 0 Å². The molecule has 0 amide bonds. The number of hydrogen-bond donors (Lipinski definition) is 2. The number of ether oxygens (including phenoxy) is 2. The van der Waals surface area contributed by atoms with Crippen molar-refractivity contribution in [2.75, 3.05) is 0 Å². The highest BCUT2D eigenvalue weighted by atomic mass is 16.5. The van der Waals surface area contributed by atoms with E-state index in [1.165, 1.54) is 11.1 Å². The first-order chi connectivity index (χ1) is 17.4. The predicted octanol–water partition coefficient (Wildman–Crippen LogP) is 8.59. The van der Waals surface area contributed by atoms with E-state index in [9.17, 15) is 0 Å². The van der Waals surface area contributed by atoms with Crippen LogP contribution in [0.5, 0.6) is 11.5 Å². The highest BCUT2D eigenvalue weighted by Gasteiger charge is 2.09. The average molecular weight is 477 g/mol. The van der Waals surface area contributed by atoms with Crippen molar-refractivity contribution in [1.82, 2.24) is 9.97 Å². The van der Waals surface area contributed by atoms with E-state index < -0.39 is 0 Å². The van der Waals surface area contributed by atoms with Crippen molar-refractivity contribution in [2.24, 2.45) is 0 Å². The van der Waals surface area contributed by atoms with Crippen LogP contribution >= 0.6 is 0 Å². The average Bonchev–Trinajstić information content (AvgIpc) is 3.55. The number of nitrogens with one attached hydrogen (secondary N) is 2. The summed E-state index contributed by atoms with van der Waals surface area (Å²) in [5.74, 6) is 1.78. The van der Waals surface area contributed by atoms with Crippen molar-refractivity contribution in [2.45, 2.75) is 39.9 Å².